The van der Waals surface area contributed by atoms with Crippen LogP contribution < -0.4 is 0 Å². The van der Waals surface area contributed by atoms with Gasteiger partial charge in [-0.1, -0.05) is 13.8 Å². The quantitative estimate of drug-likeness (QED) is 0.667. The van der Waals surface area contributed by atoms with Gasteiger partial charge < -0.3 is 0 Å². The topological polar surface area (TPSA) is 37.4 Å². The molecule has 0 heterocycles. The summed E-state index contributed by atoms with van der Waals surface area (Å²) < 4.78 is 25.0. The molecule has 0 amide bonds. The molecule has 3 nitrogen and oxygen atoms in total. The maximum Gasteiger partial charge on any atom is 0.214 e. The molecule has 14 heavy (non-hydrogen) atoms. The molecular weight excluding hydrogens is 222 g/mol. The van der Waals surface area contributed by atoms with Gasteiger partial charge in [0.1, 0.15) is 0 Å². The van der Waals surface area contributed by atoms with E-state index in [1.54, 1.807) is 7.05 Å². The second kappa shape index (κ2) is 5.93. The van der Waals surface area contributed by atoms with Crippen LogP contribution in [0.15, 0.2) is 0 Å². The van der Waals surface area contributed by atoms with Crippen molar-refractivity contribution in [2.75, 3.05) is 18.7 Å². The van der Waals surface area contributed by atoms with Gasteiger partial charge in [0.25, 0.3) is 0 Å². The lowest BCUT2D eigenvalue weighted by Crippen LogP contribution is -2.37. The third-order valence-corrected chi connectivity index (χ3v) is 5.16. The van der Waals surface area contributed by atoms with Crippen LogP contribution in [0, 0.1) is 5.92 Å². The highest BCUT2D eigenvalue weighted by molar-refractivity contribution is 7.89. The van der Waals surface area contributed by atoms with Crippen LogP contribution in [0.4, 0.5) is 0 Å². The molecule has 0 aromatic rings. The number of rotatable bonds is 6. The van der Waals surface area contributed by atoms with E-state index in [9.17, 15) is 8.42 Å². The van der Waals surface area contributed by atoms with Crippen LogP contribution >= 0.6 is 11.6 Å². The average Bonchev–Trinajstić information content (AvgIpc) is 2.14. The Hall–Kier alpha value is 0.200. The van der Waals surface area contributed by atoms with Crippen LogP contribution in [-0.2, 0) is 10.0 Å². The zero-order chi connectivity index (χ0) is 11.4. The molecule has 2 unspecified atom stereocenters. The molecule has 0 aromatic heterocycles. The third-order valence-electron chi connectivity index (χ3n) is 2.41. The molecule has 0 saturated heterocycles. The van der Waals surface area contributed by atoms with Gasteiger partial charge in [0.05, 0.1) is 5.75 Å². The fourth-order valence-electron chi connectivity index (χ4n) is 1.05. The van der Waals surface area contributed by atoms with E-state index in [4.69, 9.17) is 11.6 Å². The third kappa shape index (κ3) is 4.15. The first-order valence-electron chi connectivity index (χ1n) is 4.86. The molecule has 0 aliphatic rings. The average molecular weight is 242 g/mol. The second-order valence-corrected chi connectivity index (χ2v) is 6.19. The second-order valence-electron chi connectivity index (χ2n) is 3.81. The van der Waals surface area contributed by atoms with Gasteiger partial charge in [-0.25, -0.2) is 12.7 Å². The molecular formula is C9H20ClNO2S. The van der Waals surface area contributed by atoms with Crippen molar-refractivity contribution in [3.8, 4) is 0 Å². The Labute approximate surface area is 92.5 Å². The molecule has 0 aliphatic carbocycles. The minimum absolute atomic E-state index is 0.00757. The van der Waals surface area contributed by atoms with Crippen molar-refractivity contribution in [1.29, 1.82) is 0 Å². The zero-order valence-corrected chi connectivity index (χ0v) is 10.9. The Kier molecular flexibility index (Phi) is 6.02. The van der Waals surface area contributed by atoms with E-state index in [0.717, 1.165) is 6.42 Å². The van der Waals surface area contributed by atoms with Crippen LogP contribution in [0.5, 0.6) is 0 Å². The number of hydrogen-bond donors (Lipinski definition) is 0. The molecule has 0 aromatic carbocycles. The standard InChI is InChI=1S/C9H20ClNO2S/c1-5-9(3)11(4)14(12,13)7-8(2)6-10/h8-9H,5-7H2,1-4H3. The number of alkyl halides is 1. The van der Waals surface area contributed by atoms with Crippen LogP contribution in [0.3, 0.4) is 0 Å². The summed E-state index contributed by atoms with van der Waals surface area (Å²) in [6.45, 7) is 5.72. The van der Waals surface area contributed by atoms with Crippen molar-refractivity contribution in [2.45, 2.75) is 33.2 Å². The first-order valence-corrected chi connectivity index (χ1v) is 7.01. The Balaban J connectivity index is 4.46. The minimum atomic E-state index is -3.13. The van der Waals surface area contributed by atoms with Crippen molar-refractivity contribution in [2.24, 2.45) is 5.92 Å². The van der Waals surface area contributed by atoms with Gasteiger partial charge in [-0.15, -0.1) is 11.6 Å². The summed E-state index contributed by atoms with van der Waals surface area (Å²) in [5.41, 5.74) is 0. The van der Waals surface area contributed by atoms with E-state index in [0.29, 0.717) is 5.88 Å². The fraction of sp³-hybridized carbons (Fsp3) is 1.00. The Morgan fingerprint density at radius 3 is 2.21 bits per heavy atom. The van der Waals surface area contributed by atoms with Gasteiger partial charge >= 0.3 is 0 Å². The molecule has 0 aliphatic heterocycles. The number of halogens is 1. The van der Waals surface area contributed by atoms with Gasteiger partial charge in [-0.2, -0.15) is 0 Å². The van der Waals surface area contributed by atoms with E-state index in [-0.39, 0.29) is 17.7 Å². The van der Waals surface area contributed by atoms with E-state index in [1.807, 2.05) is 20.8 Å². The predicted octanol–water partition coefficient (Wildman–Crippen LogP) is 1.92. The SMILES string of the molecule is CCC(C)N(C)S(=O)(=O)CC(C)CCl. The van der Waals surface area contributed by atoms with Crippen molar-refractivity contribution < 1.29 is 8.42 Å². The summed E-state index contributed by atoms with van der Waals surface area (Å²) >= 11 is 5.59. The molecule has 0 N–H and O–H groups in total. The van der Waals surface area contributed by atoms with Gasteiger partial charge in [-0.05, 0) is 19.3 Å². The van der Waals surface area contributed by atoms with Crippen LogP contribution in [0.1, 0.15) is 27.2 Å². The Morgan fingerprint density at radius 1 is 1.36 bits per heavy atom. The Bertz CT molecular complexity index is 254. The number of sulfonamides is 1. The van der Waals surface area contributed by atoms with Crippen molar-refractivity contribution in [3.05, 3.63) is 0 Å². The molecule has 0 spiro atoms. The van der Waals surface area contributed by atoms with Crippen LogP contribution in [0.2, 0.25) is 0 Å². The molecule has 0 saturated carbocycles. The summed E-state index contributed by atoms with van der Waals surface area (Å²) in [6.07, 6.45) is 0.824. The van der Waals surface area contributed by atoms with Crippen molar-refractivity contribution >= 4 is 21.6 Å². The first kappa shape index (κ1) is 14.2. The summed E-state index contributed by atoms with van der Waals surface area (Å²) in [7, 11) is -1.50. The summed E-state index contributed by atoms with van der Waals surface area (Å²) in [5, 5.41) is 0. The molecule has 0 rings (SSSR count). The van der Waals surface area contributed by atoms with Gasteiger partial charge in [0, 0.05) is 19.0 Å². The maximum atomic E-state index is 11.8. The van der Waals surface area contributed by atoms with Crippen LogP contribution in [-0.4, -0.2) is 37.4 Å². The largest absolute Gasteiger partial charge is 0.214 e. The molecule has 86 valence electrons. The summed E-state index contributed by atoms with van der Waals surface area (Å²) in [5.74, 6) is 0.526. The fourth-order valence-corrected chi connectivity index (χ4v) is 3.06. The Morgan fingerprint density at radius 2 is 1.86 bits per heavy atom. The van der Waals surface area contributed by atoms with Crippen molar-refractivity contribution in [3.63, 3.8) is 0 Å². The molecule has 0 radical (unpaired) electrons. The lowest BCUT2D eigenvalue weighted by Gasteiger charge is -2.24. The number of nitrogens with zero attached hydrogens (tertiary/aromatic N) is 1. The highest BCUT2D eigenvalue weighted by atomic mass is 35.5. The molecule has 5 heteroatoms. The molecule has 0 fully saturated rings. The maximum absolute atomic E-state index is 11.8. The van der Waals surface area contributed by atoms with E-state index < -0.39 is 10.0 Å². The van der Waals surface area contributed by atoms with Crippen LogP contribution in [0.25, 0.3) is 0 Å². The van der Waals surface area contributed by atoms with E-state index in [2.05, 4.69) is 0 Å². The van der Waals surface area contributed by atoms with Gasteiger partial charge in [0.15, 0.2) is 0 Å². The van der Waals surface area contributed by atoms with E-state index in [1.165, 1.54) is 4.31 Å². The van der Waals surface area contributed by atoms with Gasteiger partial charge in [0.2, 0.25) is 10.0 Å². The lowest BCUT2D eigenvalue weighted by molar-refractivity contribution is 0.378. The van der Waals surface area contributed by atoms with E-state index >= 15 is 0 Å². The highest BCUT2D eigenvalue weighted by Crippen LogP contribution is 2.11. The minimum Gasteiger partial charge on any atom is -0.212 e. The predicted molar refractivity (Wildman–Crippen MR) is 61.2 cm³/mol. The molecule has 0 bridgehead atoms. The van der Waals surface area contributed by atoms with Crippen molar-refractivity contribution in [1.82, 2.24) is 4.31 Å². The molecule has 2 atom stereocenters. The highest BCUT2D eigenvalue weighted by Gasteiger charge is 2.23. The smallest absolute Gasteiger partial charge is 0.212 e. The summed E-state index contributed by atoms with van der Waals surface area (Å²) in [6, 6.07) is 0.0579. The lowest BCUT2D eigenvalue weighted by atomic mass is 10.3. The zero-order valence-electron chi connectivity index (χ0n) is 9.33. The normalized spacial score (nSPS) is 17.0. The monoisotopic (exact) mass is 241 g/mol. The van der Waals surface area contributed by atoms with Gasteiger partial charge in [-0.3, -0.25) is 0 Å². The summed E-state index contributed by atoms with van der Waals surface area (Å²) in [4.78, 5) is 0. The number of hydrogen-bond acceptors (Lipinski definition) is 2. The first-order chi connectivity index (χ1) is 6.35.